The zero-order valence-electron chi connectivity index (χ0n) is 12.1. The number of hydrogen-bond donors (Lipinski definition) is 1. The molecule has 0 radical (unpaired) electrons. The Morgan fingerprint density at radius 3 is 2.71 bits per heavy atom. The first-order valence-electron chi connectivity index (χ1n) is 7.05. The second-order valence-electron chi connectivity index (χ2n) is 6.07. The zero-order chi connectivity index (χ0) is 12.7. The van der Waals surface area contributed by atoms with Crippen molar-refractivity contribution in [2.45, 2.75) is 33.6 Å². The van der Waals surface area contributed by atoms with Crippen molar-refractivity contribution in [2.75, 3.05) is 46.4 Å². The molecule has 0 aromatic heterocycles. The average Bonchev–Trinajstić information content (AvgIpc) is 2.66. The Hall–Kier alpha value is -0.120. The minimum atomic E-state index is 0.346. The van der Waals surface area contributed by atoms with Crippen LogP contribution in [0.2, 0.25) is 0 Å². The summed E-state index contributed by atoms with van der Waals surface area (Å²) >= 11 is 0. The van der Waals surface area contributed by atoms with Gasteiger partial charge in [-0.3, -0.25) is 0 Å². The molecule has 1 fully saturated rings. The van der Waals surface area contributed by atoms with Crippen LogP contribution >= 0.6 is 0 Å². The molecule has 0 aromatic carbocycles. The maximum absolute atomic E-state index is 5.63. The molecule has 1 unspecified atom stereocenters. The molecule has 0 bridgehead atoms. The van der Waals surface area contributed by atoms with E-state index in [1.165, 1.54) is 19.4 Å². The topological polar surface area (TPSA) is 24.5 Å². The minimum absolute atomic E-state index is 0.346. The van der Waals surface area contributed by atoms with Crippen LogP contribution in [-0.2, 0) is 4.74 Å². The van der Waals surface area contributed by atoms with Gasteiger partial charge in [-0.05, 0) is 38.9 Å². The van der Waals surface area contributed by atoms with E-state index in [0.29, 0.717) is 5.41 Å². The van der Waals surface area contributed by atoms with Crippen molar-refractivity contribution >= 4 is 0 Å². The van der Waals surface area contributed by atoms with E-state index >= 15 is 0 Å². The number of ether oxygens (including phenoxy) is 1. The molecule has 0 saturated carbocycles. The lowest BCUT2D eigenvalue weighted by molar-refractivity contribution is 0.118. The van der Waals surface area contributed by atoms with Crippen LogP contribution in [0.1, 0.15) is 33.6 Å². The Morgan fingerprint density at radius 2 is 2.18 bits per heavy atom. The summed E-state index contributed by atoms with van der Waals surface area (Å²) in [6.07, 6.45) is 2.43. The van der Waals surface area contributed by atoms with Crippen molar-refractivity contribution < 1.29 is 4.74 Å². The third-order valence-electron chi connectivity index (χ3n) is 3.45. The maximum atomic E-state index is 5.63. The quantitative estimate of drug-likeness (QED) is 0.704. The standard InChI is InChI=1S/C14H30N2O/c1-5-7-16(4)11-14(6-8-17-12-14)10-15-9-13(2)3/h13,15H,5-12H2,1-4H3. The van der Waals surface area contributed by atoms with E-state index in [0.717, 1.165) is 38.8 Å². The predicted octanol–water partition coefficient (Wildman–Crippen LogP) is 1.98. The van der Waals surface area contributed by atoms with E-state index in [4.69, 9.17) is 4.74 Å². The zero-order valence-corrected chi connectivity index (χ0v) is 12.1. The summed E-state index contributed by atoms with van der Waals surface area (Å²) < 4.78 is 5.63. The van der Waals surface area contributed by atoms with Gasteiger partial charge in [0.05, 0.1) is 6.61 Å². The summed E-state index contributed by atoms with van der Waals surface area (Å²) in [5.41, 5.74) is 0.346. The van der Waals surface area contributed by atoms with Crippen LogP contribution in [0.15, 0.2) is 0 Å². The lowest BCUT2D eigenvalue weighted by Gasteiger charge is -2.32. The second kappa shape index (κ2) is 7.34. The van der Waals surface area contributed by atoms with E-state index in [1.807, 2.05) is 0 Å². The molecule has 1 saturated heterocycles. The van der Waals surface area contributed by atoms with Crippen molar-refractivity contribution in [3.63, 3.8) is 0 Å². The molecule has 0 aliphatic carbocycles. The Morgan fingerprint density at radius 1 is 1.41 bits per heavy atom. The van der Waals surface area contributed by atoms with E-state index < -0.39 is 0 Å². The molecule has 102 valence electrons. The normalized spacial score (nSPS) is 25.1. The average molecular weight is 242 g/mol. The van der Waals surface area contributed by atoms with Crippen LogP contribution in [0.3, 0.4) is 0 Å². The van der Waals surface area contributed by atoms with Crippen molar-refractivity contribution in [2.24, 2.45) is 11.3 Å². The highest BCUT2D eigenvalue weighted by atomic mass is 16.5. The van der Waals surface area contributed by atoms with Crippen LogP contribution in [0.25, 0.3) is 0 Å². The van der Waals surface area contributed by atoms with E-state index in [9.17, 15) is 0 Å². The highest BCUT2D eigenvalue weighted by Gasteiger charge is 2.35. The van der Waals surface area contributed by atoms with Crippen LogP contribution in [0.5, 0.6) is 0 Å². The van der Waals surface area contributed by atoms with E-state index in [1.54, 1.807) is 0 Å². The summed E-state index contributed by atoms with van der Waals surface area (Å²) in [6, 6.07) is 0. The molecule has 3 heteroatoms. The van der Waals surface area contributed by atoms with Gasteiger partial charge in [0.25, 0.3) is 0 Å². The molecular weight excluding hydrogens is 212 g/mol. The molecule has 1 aliphatic heterocycles. The molecule has 1 aliphatic rings. The van der Waals surface area contributed by atoms with Crippen molar-refractivity contribution in [1.29, 1.82) is 0 Å². The molecule has 0 aromatic rings. The van der Waals surface area contributed by atoms with Gasteiger partial charge in [-0.1, -0.05) is 20.8 Å². The largest absolute Gasteiger partial charge is 0.381 e. The van der Waals surface area contributed by atoms with Gasteiger partial charge < -0.3 is 15.0 Å². The van der Waals surface area contributed by atoms with E-state index in [2.05, 4.69) is 38.0 Å². The summed E-state index contributed by atoms with van der Waals surface area (Å²) in [7, 11) is 2.23. The number of rotatable bonds is 8. The molecule has 1 N–H and O–H groups in total. The minimum Gasteiger partial charge on any atom is -0.381 e. The van der Waals surface area contributed by atoms with Gasteiger partial charge in [0.1, 0.15) is 0 Å². The lowest BCUT2D eigenvalue weighted by Crippen LogP contribution is -2.44. The molecule has 0 amide bonds. The van der Waals surface area contributed by atoms with Gasteiger partial charge in [0.2, 0.25) is 0 Å². The fraction of sp³-hybridized carbons (Fsp3) is 1.00. The first-order valence-corrected chi connectivity index (χ1v) is 7.05. The highest BCUT2D eigenvalue weighted by molar-refractivity contribution is 4.88. The Balaban J connectivity index is 2.39. The number of nitrogens with zero attached hydrogens (tertiary/aromatic N) is 1. The molecule has 3 nitrogen and oxygen atoms in total. The summed E-state index contributed by atoms with van der Waals surface area (Å²) in [5.74, 6) is 0.725. The Bertz CT molecular complexity index is 200. The molecule has 1 rings (SSSR count). The molecule has 17 heavy (non-hydrogen) atoms. The molecule has 1 atom stereocenters. The third kappa shape index (κ3) is 5.36. The van der Waals surface area contributed by atoms with Crippen LogP contribution < -0.4 is 5.32 Å². The summed E-state index contributed by atoms with van der Waals surface area (Å²) in [4.78, 5) is 2.45. The van der Waals surface area contributed by atoms with Crippen LogP contribution in [-0.4, -0.2) is 51.3 Å². The molecule has 1 heterocycles. The highest BCUT2D eigenvalue weighted by Crippen LogP contribution is 2.28. The Kier molecular flexibility index (Phi) is 6.45. The summed E-state index contributed by atoms with van der Waals surface area (Å²) in [6.45, 7) is 13.2. The van der Waals surface area contributed by atoms with Gasteiger partial charge in [-0.2, -0.15) is 0 Å². The van der Waals surface area contributed by atoms with Gasteiger partial charge in [-0.25, -0.2) is 0 Å². The lowest BCUT2D eigenvalue weighted by atomic mass is 9.86. The smallest absolute Gasteiger partial charge is 0.0547 e. The predicted molar refractivity (Wildman–Crippen MR) is 73.4 cm³/mol. The fourth-order valence-electron chi connectivity index (χ4n) is 2.63. The number of nitrogens with one attached hydrogen (secondary N) is 1. The monoisotopic (exact) mass is 242 g/mol. The summed E-state index contributed by atoms with van der Waals surface area (Å²) in [5, 5.41) is 3.61. The van der Waals surface area contributed by atoms with E-state index in [-0.39, 0.29) is 0 Å². The maximum Gasteiger partial charge on any atom is 0.0547 e. The molecule has 0 spiro atoms. The van der Waals surface area contributed by atoms with Crippen molar-refractivity contribution in [3.8, 4) is 0 Å². The number of hydrogen-bond acceptors (Lipinski definition) is 3. The van der Waals surface area contributed by atoms with Gasteiger partial charge in [0, 0.05) is 25.1 Å². The SMILES string of the molecule is CCCN(C)CC1(CNCC(C)C)CCOC1. The van der Waals surface area contributed by atoms with Crippen molar-refractivity contribution in [3.05, 3.63) is 0 Å². The fourth-order valence-corrected chi connectivity index (χ4v) is 2.63. The van der Waals surface area contributed by atoms with Gasteiger partial charge >= 0.3 is 0 Å². The first kappa shape index (κ1) is 14.9. The van der Waals surface area contributed by atoms with Crippen LogP contribution in [0, 0.1) is 11.3 Å². The second-order valence-corrected chi connectivity index (χ2v) is 6.07. The molecular formula is C14H30N2O. The van der Waals surface area contributed by atoms with Gasteiger partial charge in [-0.15, -0.1) is 0 Å². The van der Waals surface area contributed by atoms with Crippen molar-refractivity contribution in [1.82, 2.24) is 10.2 Å². The first-order chi connectivity index (χ1) is 8.08. The Labute approximate surface area is 107 Å². The third-order valence-corrected chi connectivity index (χ3v) is 3.45. The van der Waals surface area contributed by atoms with Gasteiger partial charge in [0.15, 0.2) is 0 Å². The van der Waals surface area contributed by atoms with Crippen LogP contribution in [0.4, 0.5) is 0 Å².